The summed E-state index contributed by atoms with van der Waals surface area (Å²) in [4.78, 5) is 21.0. The van der Waals surface area contributed by atoms with E-state index in [1.165, 1.54) is 17.0 Å². The zero-order chi connectivity index (χ0) is 16.7. The van der Waals surface area contributed by atoms with Crippen LogP contribution in [0.25, 0.3) is 32.7 Å². The monoisotopic (exact) mass is 316 g/mol. The molecule has 0 bridgehead atoms. The molecule has 0 aliphatic carbocycles. The van der Waals surface area contributed by atoms with Gasteiger partial charge in [0.1, 0.15) is 0 Å². The molecule has 0 fully saturated rings. The number of aromatic amines is 1. The molecule has 4 aromatic rings. The van der Waals surface area contributed by atoms with Crippen LogP contribution in [0, 0.1) is 13.5 Å². The fraction of sp³-hybridized carbons (Fsp3) is 0.0556. The van der Waals surface area contributed by atoms with E-state index in [4.69, 9.17) is 11.0 Å². The van der Waals surface area contributed by atoms with Crippen molar-refractivity contribution >= 4 is 11.5 Å². The highest BCUT2D eigenvalue weighted by molar-refractivity contribution is 5.88. The van der Waals surface area contributed by atoms with E-state index in [-0.39, 0.29) is 11.4 Å². The second-order valence-corrected chi connectivity index (χ2v) is 5.36. The number of fused-ring (bicyclic) bond motifs is 1. The second-order valence-electron chi connectivity index (χ2n) is 5.36. The van der Waals surface area contributed by atoms with Gasteiger partial charge in [-0.25, -0.2) is 10.1 Å². The molecule has 116 valence electrons. The number of aromatic nitrogens is 3. The molecule has 3 aromatic heterocycles. The van der Waals surface area contributed by atoms with Crippen molar-refractivity contribution in [3.8, 4) is 22.3 Å². The number of H-pyrrole nitrogens is 1. The summed E-state index contributed by atoms with van der Waals surface area (Å²) >= 11 is 0. The Morgan fingerprint density at radius 3 is 2.62 bits per heavy atom. The van der Waals surface area contributed by atoms with Crippen LogP contribution in [-0.2, 0) is 0 Å². The van der Waals surface area contributed by atoms with Crippen molar-refractivity contribution in [3.05, 3.63) is 76.4 Å². The minimum absolute atomic E-state index is 0.258. The normalized spacial score (nSPS) is 10.8. The van der Waals surface area contributed by atoms with Gasteiger partial charge in [-0.2, -0.15) is 0 Å². The summed E-state index contributed by atoms with van der Waals surface area (Å²) in [6.07, 6.45) is 3.02. The first-order valence-corrected chi connectivity index (χ1v) is 7.31. The highest BCUT2D eigenvalue weighted by atomic mass is 16.3. The van der Waals surface area contributed by atoms with Crippen molar-refractivity contribution in [1.82, 2.24) is 14.6 Å². The van der Waals surface area contributed by atoms with Crippen LogP contribution in [0.1, 0.15) is 5.69 Å². The average molecular weight is 316 g/mol. The van der Waals surface area contributed by atoms with Gasteiger partial charge in [-0.05, 0) is 18.6 Å². The summed E-state index contributed by atoms with van der Waals surface area (Å²) in [6, 6.07) is 11.2. The maximum atomic E-state index is 12.9. The topological polar surface area (TPSA) is 67.7 Å². The molecule has 6 heteroatoms. The summed E-state index contributed by atoms with van der Waals surface area (Å²) in [5, 5.41) is 2.87. The fourth-order valence-corrected chi connectivity index (χ4v) is 2.86. The molecular formula is C18H12N4O2. The lowest BCUT2D eigenvalue weighted by atomic mass is 10.1. The van der Waals surface area contributed by atoms with Crippen molar-refractivity contribution < 1.29 is 4.42 Å². The van der Waals surface area contributed by atoms with Crippen molar-refractivity contribution in [2.45, 2.75) is 6.92 Å². The van der Waals surface area contributed by atoms with Gasteiger partial charge in [-0.1, -0.05) is 36.9 Å². The number of hydrogen-bond donors (Lipinski definition) is 1. The molecule has 0 spiro atoms. The van der Waals surface area contributed by atoms with Gasteiger partial charge >= 0.3 is 0 Å². The summed E-state index contributed by atoms with van der Waals surface area (Å²) < 4.78 is 6.40. The lowest BCUT2D eigenvalue weighted by Gasteiger charge is -2.04. The van der Waals surface area contributed by atoms with E-state index in [1.54, 1.807) is 13.0 Å². The van der Waals surface area contributed by atoms with Crippen LogP contribution < -0.4 is 5.56 Å². The number of nitrogens with zero attached hydrogens (tertiary/aromatic N) is 3. The lowest BCUT2D eigenvalue weighted by Crippen LogP contribution is -2.18. The first-order valence-electron chi connectivity index (χ1n) is 7.31. The summed E-state index contributed by atoms with van der Waals surface area (Å²) in [6.45, 7) is 9.20. The fourth-order valence-electron chi connectivity index (χ4n) is 2.86. The van der Waals surface area contributed by atoms with Gasteiger partial charge in [0.15, 0.2) is 5.65 Å². The zero-order valence-electron chi connectivity index (χ0n) is 12.8. The predicted molar refractivity (Wildman–Crippen MR) is 89.9 cm³/mol. The molecule has 0 aliphatic rings. The Balaban J connectivity index is 2.11. The van der Waals surface area contributed by atoms with E-state index < -0.39 is 0 Å². The van der Waals surface area contributed by atoms with Gasteiger partial charge in [0.25, 0.3) is 11.4 Å². The largest absolute Gasteiger partial charge is 0.472 e. The number of nitrogens with one attached hydrogen (secondary N) is 1. The molecule has 6 nitrogen and oxygen atoms in total. The van der Waals surface area contributed by atoms with Crippen molar-refractivity contribution in [1.29, 1.82) is 0 Å². The quantitative estimate of drug-likeness (QED) is 0.572. The van der Waals surface area contributed by atoms with Gasteiger partial charge < -0.3 is 9.26 Å². The molecule has 0 amide bonds. The van der Waals surface area contributed by atoms with Crippen molar-refractivity contribution in [3.63, 3.8) is 0 Å². The SMILES string of the molecule is [C-]#[N+]c1[nH]n2c(=O)c(-c3ccoc3)c(C)nc2c1-c1ccccc1. The predicted octanol–water partition coefficient (Wildman–Crippen LogP) is 3.81. The van der Waals surface area contributed by atoms with Crippen LogP contribution in [0.15, 0.2) is 58.1 Å². The molecule has 24 heavy (non-hydrogen) atoms. The van der Waals surface area contributed by atoms with E-state index >= 15 is 0 Å². The first kappa shape index (κ1) is 14.0. The molecule has 0 saturated carbocycles. The zero-order valence-corrected chi connectivity index (χ0v) is 12.8. The van der Waals surface area contributed by atoms with Crippen LogP contribution in [0.2, 0.25) is 0 Å². The number of furan rings is 1. The molecule has 4 rings (SSSR count). The van der Waals surface area contributed by atoms with Gasteiger partial charge in [0.2, 0.25) is 0 Å². The Labute approximate surface area is 136 Å². The smallest absolute Gasteiger partial charge is 0.296 e. The molecule has 0 atom stereocenters. The highest BCUT2D eigenvalue weighted by Crippen LogP contribution is 2.33. The number of benzene rings is 1. The number of rotatable bonds is 2. The van der Waals surface area contributed by atoms with E-state index in [0.717, 1.165) is 5.56 Å². The Morgan fingerprint density at radius 2 is 1.96 bits per heavy atom. The highest BCUT2D eigenvalue weighted by Gasteiger charge is 2.21. The second kappa shape index (κ2) is 5.25. The average Bonchev–Trinajstić information content (AvgIpc) is 3.23. The van der Waals surface area contributed by atoms with Gasteiger partial charge in [0.05, 0.1) is 29.3 Å². The van der Waals surface area contributed by atoms with E-state index in [1.807, 2.05) is 30.3 Å². The van der Waals surface area contributed by atoms with Crippen LogP contribution in [-0.4, -0.2) is 14.6 Å². The Kier molecular flexibility index (Phi) is 3.07. The third-order valence-corrected chi connectivity index (χ3v) is 3.93. The van der Waals surface area contributed by atoms with Crippen LogP contribution in [0.4, 0.5) is 5.82 Å². The Morgan fingerprint density at radius 1 is 1.17 bits per heavy atom. The van der Waals surface area contributed by atoms with E-state index in [2.05, 4.69) is 14.9 Å². The maximum absolute atomic E-state index is 12.9. The minimum Gasteiger partial charge on any atom is -0.472 e. The first-order chi connectivity index (χ1) is 11.7. The molecule has 0 saturated heterocycles. The summed E-state index contributed by atoms with van der Waals surface area (Å²) in [7, 11) is 0. The number of aryl methyl sites for hydroxylation is 1. The Bertz CT molecular complexity index is 1130. The van der Waals surface area contributed by atoms with Crippen molar-refractivity contribution in [2.75, 3.05) is 0 Å². The molecule has 0 radical (unpaired) electrons. The molecular weight excluding hydrogens is 304 g/mol. The van der Waals surface area contributed by atoms with Crippen LogP contribution in [0.3, 0.4) is 0 Å². The third-order valence-electron chi connectivity index (χ3n) is 3.93. The molecule has 1 aromatic carbocycles. The molecule has 1 N–H and O–H groups in total. The van der Waals surface area contributed by atoms with Crippen molar-refractivity contribution in [2.24, 2.45) is 0 Å². The van der Waals surface area contributed by atoms with Crippen LogP contribution >= 0.6 is 0 Å². The summed E-state index contributed by atoms with van der Waals surface area (Å²) in [5.74, 6) is 0.287. The Hall–Kier alpha value is -3.59. The third kappa shape index (κ3) is 1.96. The lowest BCUT2D eigenvalue weighted by molar-refractivity contribution is 0.568. The summed E-state index contributed by atoms with van der Waals surface area (Å²) in [5.41, 5.74) is 3.37. The van der Waals surface area contributed by atoms with E-state index in [0.29, 0.717) is 28.0 Å². The van der Waals surface area contributed by atoms with Gasteiger partial charge in [0, 0.05) is 5.56 Å². The standard InChI is InChI=1S/C18H12N4O2/c1-11-14(13-8-9-24-10-13)18(23)22-17(20-11)15(16(19-2)21-22)12-6-4-3-5-7-12/h3-10,21H,1H3. The minimum atomic E-state index is -0.258. The van der Waals surface area contributed by atoms with Gasteiger partial charge in [-0.15, -0.1) is 4.52 Å². The molecule has 0 aliphatic heterocycles. The maximum Gasteiger partial charge on any atom is 0.296 e. The molecule has 3 heterocycles. The van der Waals surface area contributed by atoms with E-state index in [9.17, 15) is 4.79 Å². The van der Waals surface area contributed by atoms with Crippen LogP contribution in [0.5, 0.6) is 0 Å². The molecule has 0 unspecified atom stereocenters. The van der Waals surface area contributed by atoms with Gasteiger partial charge in [-0.3, -0.25) is 4.79 Å². The number of hydrogen-bond acceptors (Lipinski definition) is 3.